The van der Waals surface area contributed by atoms with Crippen LogP contribution < -0.4 is 0 Å². The minimum atomic E-state index is 0.534. The molecule has 0 aliphatic heterocycles. The zero-order valence-electron chi connectivity index (χ0n) is 7.49. The molecule has 0 saturated carbocycles. The second-order valence-corrected chi connectivity index (χ2v) is 2.73. The number of benzene rings is 1. The van der Waals surface area contributed by atoms with Gasteiger partial charge in [-0.15, -0.1) is 5.73 Å². The molecule has 1 aromatic rings. The van der Waals surface area contributed by atoms with Gasteiger partial charge >= 0.3 is 0 Å². The fourth-order valence-electron chi connectivity index (χ4n) is 1.18. The summed E-state index contributed by atoms with van der Waals surface area (Å²) < 4.78 is 0. The van der Waals surface area contributed by atoms with Gasteiger partial charge in [0.1, 0.15) is 6.29 Å². The van der Waals surface area contributed by atoms with E-state index in [2.05, 4.69) is 12.3 Å². The number of aldehydes is 1. The second-order valence-electron chi connectivity index (χ2n) is 2.73. The van der Waals surface area contributed by atoms with E-state index in [0.29, 0.717) is 6.42 Å². The molecule has 0 atom stereocenters. The fourth-order valence-corrected chi connectivity index (χ4v) is 1.18. The number of allylic oxidation sites excluding steroid dienone is 1. The largest absolute Gasteiger partial charge is 0.303 e. The van der Waals surface area contributed by atoms with Crippen LogP contribution in [-0.4, -0.2) is 6.29 Å². The molecule has 1 rings (SSSR count). The summed E-state index contributed by atoms with van der Waals surface area (Å²) in [5.41, 5.74) is 4.96. The highest BCUT2D eigenvalue weighted by Gasteiger charge is 1.98. The van der Waals surface area contributed by atoms with Crippen LogP contribution >= 0.6 is 0 Å². The van der Waals surface area contributed by atoms with Crippen molar-refractivity contribution in [2.75, 3.05) is 0 Å². The molecular weight excluding hydrogens is 160 g/mol. The van der Waals surface area contributed by atoms with Gasteiger partial charge in [-0.05, 0) is 12.0 Å². The first-order valence-electron chi connectivity index (χ1n) is 4.26. The van der Waals surface area contributed by atoms with E-state index in [1.165, 1.54) is 0 Å². The summed E-state index contributed by atoms with van der Waals surface area (Å²) in [4.78, 5) is 10.2. The third-order valence-corrected chi connectivity index (χ3v) is 1.85. The molecule has 1 aromatic carbocycles. The number of carbonyl (C=O) groups excluding carboxylic acids is 1. The second kappa shape index (κ2) is 5.13. The van der Waals surface area contributed by atoms with Crippen molar-refractivity contribution in [2.24, 2.45) is 0 Å². The molecule has 0 saturated heterocycles. The van der Waals surface area contributed by atoms with Gasteiger partial charge < -0.3 is 4.79 Å². The van der Waals surface area contributed by atoms with E-state index < -0.39 is 0 Å². The molecule has 0 spiro atoms. The summed E-state index contributed by atoms with van der Waals surface area (Å²) in [6.07, 6.45) is 2.17. The van der Waals surface area contributed by atoms with Gasteiger partial charge in [-0.3, -0.25) is 0 Å². The molecule has 0 N–H and O–H groups in total. The minimum Gasteiger partial charge on any atom is -0.303 e. The summed E-state index contributed by atoms with van der Waals surface area (Å²) in [6, 6.07) is 9.89. The van der Waals surface area contributed by atoms with Gasteiger partial charge in [-0.25, -0.2) is 0 Å². The Kier molecular flexibility index (Phi) is 3.74. The third-order valence-electron chi connectivity index (χ3n) is 1.85. The molecule has 13 heavy (non-hydrogen) atoms. The lowest BCUT2D eigenvalue weighted by Gasteiger charge is -2.01. The molecule has 0 aliphatic carbocycles. The first-order chi connectivity index (χ1) is 6.38. The van der Waals surface area contributed by atoms with Crippen molar-refractivity contribution >= 4 is 11.9 Å². The highest BCUT2D eigenvalue weighted by molar-refractivity contribution is 5.67. The smallest absolute Gasteiger partial charge is 0.120 e. The van der Waals surface area contributed by atoms with Gasteiger partial charge in [0.15, 0.2) is 0 Å². The van der Waals surface area contributed by atoms with Gasteiger partial charge in [-0.1, -0.05) is 36.9 Å². The first-order valence-corrected chi connectivity index (χ1v) is 4.26. The minimum absolute atomic E-state index is 0.534. The average Bonchev–Trinajstić information content (AvgIpc) is 2.21. The predicted molar refractivity (Wildman–Crippen MR) is 54.3 cm³/mol. The summed E-state index contributed by atoms with van der Waals surface area (Å²) >= 11 is 0. The number of hydrogen-bond donors (Lipinski definition) is 0. The molecule has 66 valence electrons. The Morgan fingerprint density at radius 2 is 2.08 bits per heavy atom. The van der Waals surface area contributed by atoms with Crippen LogP contribution in [0.25, 0.3) is 5.57 Å². The number of rotatable bonds is 4. The van der Waals surface area contributed by atoms with E-state index in [4.69, 9.17) is 0 Å². The van der Waals surface area contributed by atoms with E-state index in [-0.39, 0.29) is 0 Å². The molecule has 0 bridgehead atoms. The summed E-state index contributed by atoms with van der Waals surface area (Å²) in [5.74, 6) is 0. The van der Waals surface area contributed by atoms with Crippen molar-refractivity contribution in [3.8, 4) is 0 Å². The molecule has 0 aliphatic rings. The SMILES string of the molecule is C=C=C(CCC=O)c1ccccc1. The Morgan fingerprint density at radius 3 is 2.62 bits per heavy atom. The van der Waals surface area contributed by atoms with Crippen molar-refractivity contribution < 1.29 is 4.79 Å². The molecule has 0 fully saturated rings. The van der Waals surface area contributed by atoms with Gasteiger partial charge in [0.05, 0.1) is 0 Å². The van der Waals surface area contributed by atoms with Crippen LogP contribution in [0.4, 0.5) is 0 Å². The van der Waals surface area contributed by atoms with Crippen molar-refractivity contribution in [2.45, 2.75) is 12.8 Å². The Morgan fingerprint density at radius 1 is 1.38 bits per heavy atom. The van der Waals surface area contributed by atoms with Gasteiger partial charge in [0.25, 0.3) is 0 Å². The van der Waals surface area contributed by atoms with Crippen LogP contribution in [0.5, 0.6) is 0 Å². The monoisotopic (exact) mass is 172 g/mol. The Balaban J connectivity index is 2.80. The normalized spacial score (nSPS) is 8.92. The van der Waals surface area contributed by atoms with E-state index >= 15 is 0 Å². The molecule has 0 amide bonds. The maximum atomic E-state index is 10.2. The molecular formula is C12H12O. The quantitative estimate of drug-likeness (QED) is 0.504. The van der Waals surface area contributed by atoms with Crippen molar-refractivity contribution in [3.05, 3.63) is 48.2 Å². The standard InChI is InChI=1S/C12H12O/c1-2-11(9-6-10-13)12-7-4-3-5-8-12/h3-5,7-8,10H,1,6,9H2. The lowest BCUT2D eigenvalue weighted by Crippen LogP contribution is -1.83. The van der Waals surface area contributed by atoms with Crippen LogP contribution in [0.1, 0.15) is 18.4 Å². The lowest BCUT2D eigenvalue weighted by molar-refractivity contribution is -0.107. The molecule has 1 heteroatoms. The average molecular weight is 172 g/mol. The zero-order chi connectivity index (χ0) is 9.52. The molecule has 0 aromatic heterocycles. The van der Waals surface area contributed by atoms with Crippen LogP contribution in [0.15, 0.2) is 42.6 Å². The van der Waals surface area contributed by atoms with Crippen molar-refractivity contribution in [3.63, 3.8) is 0 Å². The summed E-state index contributed by atoms with van der Waals surface area (Å²) in [6.45, 7) is 3.61. The van der Waals surface area contributed by atoms with Crippen LogP contribution in [0.2, 0.25) is 0 Å². The lowest BCUT2D eigenvalue weighted by atomic mass is 10.0. The molecule has 0 unspecified atom stereocenters. The Bertz CT molecular complexity index is 318. The maximum Gasteiger partial charge on any atom is 0.120 e. The third kappa shape index (κ3) is 2.73. The maximum absolute atomic E-state index is 10.2. The molecule has 1 nitrogen and oxygen atoms in total. The van der Waals surface area contributed by atoms with E-state index in [9.17, 15) is 4.79 Å². The Labute approximate surface area is 78.4 Å². The summed E-state index contributed by atoms with van der Waals surface area (Å²) in [7, 11) is 0. The van der Waals surface area contributed by atoms with Crippen molar-refractivity contribution in [1.82, 2.24) is 0 Å². The van der Waals surface area contributed by atoms with E-state index in [1.807, 2.05) is 30.3 Å². The van der Waals surface area contributed by atoms with Gasteiger partial charge in [0, 0.05) is 12.0 Å². The van der Waals surface area contributed by atoms with Crippen LogP contribution in [0, 0.1) is 0 Å². The number of carbonyl (C=O) groups is 1. The van der Waals surface area contributed by atoms with Gasteiger partial charge in [0.2, 0.25) is 0 Å². The molecule has 0 heterocycles. The van der Waals surface area contributed by atoms with Crippen molar-refractivity contribution in [1.29, 1.82) is 0 Å². The molecule has 0 radical (unpaired) electrons. The van der Waals surface area contributed by atoms with Crippen LogP contribution in [0.3, 0.4) is 0 Å². The number of hydrogen-bond acceptors (Lipinski definition) is 1. The fraction of sp³-hybridized carbons (Fsp3) is 0.167. The Hall–Kier alpha value is -1.59. The topological polar surface area (TPSA) is 17.1 Å². The van der Waals surface area contributed by atoms with Crippen LogP contribution in [-0.2, 0) is 4.79 Å². The van der Waals surface area contributed by atoms with E-state index in [0.717, 1.165) is 23.8 Å². The summed E-state index contributed by atoms with van der Waals surface area (Å²) in [5, 5.41) is 0. The first kappa shape index (κ1) is 9.50. The zero-order valence-corrected chi connectivity index (χ0v) is 7.49. The highest BCUT2D eigenvalue weighted by Crippen LogP contribution is 2.16. The van der Waals surface area contributed by atoms with E-state index in [1.54, 1.807) is 0 Å². The predicted octanol–water partition coefficient (Wildman–Crippen LogP) is 2.83. The van der Waals surface area contributed by atoms with Gasteiger partial charge in [-0.2, -0.15) is 0 Å². The highest BCUT2D eigenvalue weighted by atomic mass is 16.1.